The predicted molar refractivity (Wildman–Crippen MR) is 71.5 cm³/mol. The fourth-order valence-corrected chi connectivity index (χ4v) is 2.47. The number of fused-ring (bicyclic) bond motifs is 1. The van der Waals surface area contributed by atoms with Gasteiger partial charge in [-0.2, -0.15) is 0 Å². The zero-order chi connectivity index (χ0) is 11.4. The van der Waals surface area contributed by atoms with Crippen LogP contribution in [0.3, 0.4) is 0 Å². The maximum Gasteiger partial charge on any atom is 0.00272 e. The van der Waals surface area contributed by atoms with Crippen molar-refractivity contribution in [2.45, 2.75) is 45.4 Å². The van der Waals surface area contributed by atoms with Crippen LogP contribution in [0.5, 0.6) is 0 Å². The van der Waals surface area contributed by atoms with Gasteiger partial charge in [0.2, 0.25) is 0 Å². The van der Waals surface area contributed by atoms with E-state index in [2.05, 4.69) is 50.3 Å². The van der Waals surface area contributed by atoms with Crippen molar-refractivity contribution in [3.8, 4) is 0 Å². The van der Waals surface area contributed by atoms with Gasteiger partial charge in [-0.15, -0.1) is 0 Å². The number of rotatable bonds is 5. The van der Waals surface area contributed by atoms with E-state index >= 15 is 0 Å². The van der Waals surface area contributed by atoms with E-state index in [9.17, 15) is 0 Å². The van der Waals surface area contributed by atoms with E-state index in [0.717, 1.165) is 5.92 Å². The van der Waals surface area contributed by atoms with Crippen molar-refractivity contribution < 1.29 is 0 Å². The van der Waals surface area contributed by atoms with Gasteiger partial charge in [0.05, 0.1) is 0 Å². The molecule has 0 heterocycles. The first-order valence-electron chi connectivity index (χ1n) is 6.58. The molecule has 0 N–H and O–H groups in total. The Hall–Kier alpha value is -1.04. The largest absolute Gasteiger partial charge is 0.0764 e. The molecule has 0 saturated heterocycles. The monoisotopic (exact) mass is 214 g/mol. The standard InChI is InChI=1S/C16H22/c1-3-13(2)7-6-9-15-12-11-14-8-4-5-10-16(14)15/h4-5,8,10-13,15H,3,6-7,9H2,1-2H3. The second-order valence-corrected chi connectivity index (χ2v) is 5.04. The lowest BCUT2D eigenvalue weighted by atomic mass is 9.92. The maximum atomic E-state index is 2.38. The Bertz CT molecular complexity index is 362. The van der Waals surface area contributed by atoms with Gasteiger partial charge in [-0.05, 0) is 23.5 Å². The Labute approximate surface area is 99.4 Å². The summed E-state index contributed by atoms with van der Waals surface area (Å²) in [6.45, 7) is 4.65. The summed E-state index contributed by atoms with van der Waals surface area (Å²) in [4.78, 5) is 0. The van der Waals surface area contributed by atoms with Gasteiger partial charge in [0.1, 0.15) is 0 Å². The zero-order valence-electron chi connectivity index (χ0n) is 10.4. The molecule has 2 unspecified atom stereocenters. The number of hydrogen-bond acceptors (Lipinski definition) is 0. The van der Waals surface area contributed by atoms with Crippen molar-refractivity contribution >= 4 is 6.08 Å². The summed E-state index contributed by atoms with van der Waals surface area (Å²) in [6.07, 6.45) is 10.0. The Kier molecular flexibility index (Phi) is 3.82. The van der Waals surface area contributed by atoms with Crippen LogP contribution in [0.25, 0.3) is 6.08 Å². The molecule has 1 aromatic carbocycles. The molecule has 0 aromatic heterocycles. The second kappa shape index (κ2) is 5.34. The minimum atomic E-state index is 0.681. The first kappa shape index (κ1) is 11.4. The van der Waals surface area contributed by atoms with Gasteiger partial charge in [0.25, 0.3) is 0 Å². The lowest BCUT2D eigenvalue weighted by molar-refractivity contribution is 0.477. The van der Waals surface area contributed by atoms with Gasteiger partial charge >= 0.3 is 0 Å². The summed E-state index contributed by atoms with van der Waals surface area (Å²) in [7, 11) is 0. The molecule has 86 valence electrons. The summed E-state index contributed by atoms with van der Waals surface area (Å²) >= 11 is 0. The minimum absolute atomic E-state index is 0.681. The van der Waals surface area contributed by atoms with Gasteiger partial charge in [-0.1, -0.05) is 69.5 Å². The van der Waals surface area contributed by atoms with Crippen molar-refractivity contribution in [1.29, 1.82) is 0 Å². The molecule has 0 spiro atoms. The third-order valence-corrected chi connectivity index (χ3v) is 3.81. The summed E-state index contributed by atoms with van der Waals surface area (Å²) in [6, 6.07) is 8.79. The zero-order valence-corrected chi connectivity index (χ0v) is 10.4. The van der Waals surface area contributed by atoms with Gasteiger partial charge in [0.15, 0.2) is 0 Å². The van der Waals surface area contributed by atoms with Crippen LogP contribution in [-0.2, 0) is 0 Å². The highest BCUT2D eigenvalue weighted by molar-refractivity contribution is 5.62. The SMILES string of the molecule is CCC(C)CCCC1C=Cc2ccccc21. The fraction of sp³-hybridized carbons (Fsp3) is 0.500. The van der Waals surface area contributed by atoms with Crippen LogP contribution in [-0.4, -0.2) is 0 Å². The quantitative estimate of drug-likeness (QED) is 0.646. The molecule has 0 nitrogen and oxygen atoms in total. The third-order valence-electron chi connectivity index (χ3n) is 3.81. The van der Waals surface area contributed by atoms with E-state index in [-0.39, 0.29) is 0 Å². The molecule has 0 aliphatic heterocycles. The molecular formula is C16H22. The second-order valence-electron chi connectivity index (χ2n) is 5.04. The van der Waals surface area contributed by atoms with Crippen LogP contribution in [0, 0.1) is 5.92 Å². The highest BCUT2D eigenvalue weighted by atomic mass is 14.2. The summed E-state index contributed by atoms with van der Waals surface area (Å²) < 4.78 is 0. The molecule has 16 heavy (non-hydrogen) atoms. The summed E-state index contributed by atoms with van der Waals surface area (Å²) in [5.41, 5.74) is 2.96. The Morgan fingerprint density at radius 3 is 2.88 bits per heavy atom. The van der Waals surface area contributed by atoms with E-state index in [0.29, 0.717) is 5.92 Å². The molecule has 0 heteroatoms. The summed E-state index contributed by atoms with van der Waals surface area (Å²) in [5, 5.41) is 0. The van der Waals surface area contributed by atoms with Crippen LogP contribution < -0.4 is 0 Å². The lowest BCUT2D eigenvalue weighted by Gasteiger charge is -2.12. The van der Waals surface area contributed by atoms with Crippen molar-refractivity contribution in [2.24, 2.45) is 5.92 Å². The third kappa shape index (κ3) is 2.55. The molecule has 1 aromatic rings. The average Bonchev–Trinajstić information content (AvgIpc) is 2.73. The van der Waals surface area contributed by atoms with Crippen molar-refractivity contribution in [3.05, 3.63) is 41.5 Å². The Morgan fingerprint density at radius 2 is 2.06 bits per heavy atom. The van der Waals surface area contributed by atoms with Crippen molar-refractivity contribution in [1.82, 2.24) is 0 Å². The molecule has 0 saturated carbocycles. The van der Waals surface area contributed by atoms with E-state index in [4.69, 9.17) is 0 Å². The smallest absolute Gasteiger partial charge is 0.00272 e. The van der Waals surface area contributed by atoms with Crippen LogP contribution in [0.1, 0.15) is 56.6 Å². The van der Waals surface area contributed by atoms with Crippen LogP contribution in [0.4, 0.5) is 0 Å². The van der Waals surface area contributed by atoms with Crippen LogP contribution in [0.2, 0.25) is 0 Å². The van der Waals surface area contributed by atoms with Crippen LogP contribution >= 0.6 is 0 Å². The lowest BCUT2D eigenvalue weighted by Crippen LogP contribution is -1.96. The molecule has 0 amide bonds. The normalized spacial score (nSPS) is 19.8. The van der Waals surface area contributed by atoms with Gasteiger partial charge in [-0.25, -0.2) is 0 Å². The Balaban J connectivity index is 1.87. The predicted octanol–water partition coefficient (Wildman–Crippen LogP) is 5.01. The molecule has 2 rings (SSSR count). The van der Waals surface area contributed by atoms with Gasteiger partial charge < -0.3 is 0 Å². The highest BCUT2D eigenvalue weighted by Gasteiger charge is 2.15. The van der Waals surface area contributed by atoms with E-state index in [1.807, 2.05) is 0 Å². The first-order valence-corrected chi connectivity index (χ1v) is 6.58. The van der Waals surface area contributed by atoms with Gasteiger partial charge in [-0.3, -0.25) is 0 Å². The van der Waals surface area contributed by atoms with E-state index in [1.54, 1.807) is 0 Å². The fourth-order valence-electron chi connectivity index (χ4n) is 2.47. The highest BCUT2D eigenvalue weighted by Crippen LogP contribution is 2.33. The van der Waals surface area contributed by atoms with Crippen LogP contribution in [0.15, 0.2) is 30.3 Å². The molecular weight excluding hydrogens is 192 g/mol. The van der Waals surface area contributed by atoms with Crippen molar-refractivity contribution in [2.75, 3.05) is 0 Å². The molecule has 2 atom stereocenters. The molecule has 1 aliphatic carbocycles. The average molecular weight is 214 g/mol. The van der Waals surface area contributed by atoms with E-state index in [1.165, 1.54) is 36.8 Å². The van der Waals surface area contributed by atoms with E-state index < -0.39 is 0 Å². The number of hydrogen-bond donors (Lipinski definition) is 0. The maximum absolute atomic E-state index is 2.38. The first-order chi connectivity index (χ1) is 7.81. The Morgan fingerprint density at radius 1 is 1.25 bits per heavy atom. The van der Waals surface area contributed by atoms with Crippen molar-refractivity contribution in [3.63, 3.8) is 0 Å². The number of benzene rings is 1. The topological polar surface area (TPSA) is 0 Å². The molecule has 0 bridgehead atoms. The minimum Gasteiger partial charge on any atom is -0.0764 e. The summed E-state index contributed by atoms with van der Waals surface area (Å²) in [5.74, 6) is 1.57. The molecule has 1 aliphatic rings. The molecule has 0 fully saturated rings. The van der Waals surface area contributed by atoms with Gasteiger partial charge in [0, 0.05) is 5.92 Å². The molecule has 0 radical (unpaired) electrons. The number of allylic oxidation sites excluding steroid dienone is 1.